The fourth-order valence-electron chi connectivity index (χ4n) is 2.20. The van der Waals surface area contributed by atoms with Crippen molar-refractivity contribution in [2.45, 2.75) is 19.4 Å². The van der Waals surface area contributed by atoms with Gasteiger partial charge in [0.2, 0.25) is 11.8 Å². The van der Waals surface area contributed by atoms with E-state index >= 15 is 0 Å². The Hall–Kier alpha value is -2.22. The van der Waals surface area contributed by atoms with Crippen LogP contribution in [0.2, 0.25) is 0 Å². The lowest BCUT2D eigenvalue weighted by Crippen LogP contribution is -2.39. The lowest BCUT2D eigenvalue weighted by atomic mass is 10.2. The quantitative estimate of drug-likeness (QED) is 0.888. The van der Waals surface area contributed by atoms with E-state index in [1.165, 1.54) is 0 Å². The lowest BCUT2D eigenvalue weighted by Gasteiger charge is -2.31. The van der Waals surface area contributed by atoms with Crippen LogP contribution in [0.25, 0.3) is 0 Å². The van der Waals surface area contributed by atoms with Crippen LogP contribution in [0.1, 0.15) is 24.7 Å². The fourth-order valence-corrected chi connectivity index (χ4v) is 2.20. The largest absolute Gasteiger partial charge is 0.481 e. The van der Waals surface area contributed by atoms with Crippen molar-refractivity contribution < 1.29 is 9.47 Å². The van der Waals surface area contributed by atoms with E-state index in [0.29, 0.717) is 30.8 Å². The Kier molecular flexibility index (Phi) is 3.96. The molecular weight excluding hydrogens is 272 g/mol. The molecule has 2 aromatic rings. The molecule has 0 aromatic carbocycles. The second kappa shape index (κ2) is 6.04. The maximum Gasteiger partial charge on any atom is 0.228 e. The van der Waals surface area contributed by atoms with Crippen molar-refractivity contribution in [1.82, 2.24) is 25.1 Å². The van der Waals surface area contributed by atoms with Gasteiger partial charge in [0, 0.05) is 25.2 Å². The topological polar surface area (TPSA) is 89.1 Å². The number of nitrogens with zero attached hydrogens (tertiary/aromatic N) is 5. The van der Waals surface area contributed by atoms with Gasteiger partial charge in [-0.3, -0.25) is 5.10 Å². The second-order valence-electron chi connectivity index (χ2n) is 4.70. The van der Waals surface area contributed by atoms with Gasteiger partial charge in [0.05, 0.1) is 20.3 Å². The summed E-state index contributed by atoms with van der Waals surface area (Å²) in [5.74, 6) is 2.73. The van der Waals surface area contributed by atoms with Crippen molar-refractivity contribution >= 4 is 5.95 Å². The smallest absolute Gasteiger partial charge is 0.228 e. The molecule has 0 bridgehead atoms. The van der Waals surface area contributed by atoms with Gasteiger partial charge in [-0.05, 0) is 0 Å². The Bertz CT molecular complexity index is 602. The number of aryl methyl sites for hydroxylation is 1. The number of aromatic nitrogens is 5. The first-order valence-corrected chi connectivity index (χ1v) is 6.95. The maximum atomic E-state index is 5.76. The normalized spacial score (nSPS) is 18.8. The summed E-state index contributed by atoms with van der Waals surface area (Å²) >= 11 is 0. The summed E-state index contributed by atoms with van der Waals surface area (Å²) in [6.45, 7) is 3.96. The third kappa shape index (κ3) is 2.94. The number of ether oxygens (including phenoxy) is 2. The van der Waals surface area contributed by atoms with Gasteiger partial charge >= 0.3 is 0 Å². The predicted octanol–water partition coefficient (Wildman–Crippen LogP) is 0.744. The lowest BCUT2D eigenvalue weighted by molar-refractivity contribution is 0.0336. The van der Waals surface area contributed by atoms with Gasteiger partial charge in [0.1, 0.15) is 11.9 Å². The van der Waals surface area contributed by atoms with Gasteiger partial charge in [0.25, 0.3) is 0 Å². The second-order valence-corrected chi connectivity index (χ2v) is 4.70. The molecule has 8 heteroatoms. The summed E-state index contributed by atoms with van der Waals surface area (Å²) < 4.78 is 10.9. The van der Waals surface area contributed by atoms with Crippen molar-refractivity contribution in [3.05, 3.63) is 23.9 Å². The molecule has 1 N–H and O–H groups in total. The minimum atomic E-state index is -0.176. The highest BCUT2D eigenvalue weighted by Crippen LogP contribution is 2.22. The van der Waals surface area contributed by atoms with Crippen LogP contribution >= 0.6 is 0 Å². The highest BCUT2D eigenvalue weighted by Gasteiger charge is 2.26. The zero-order chi connectivity index (χ0) is 14.7. The highest BCUT2D eigenvalue weighted by atomic mass is 16.5. The van der Waals surface area contributed by atoms with Crippen molar-refractivity contribution in [3.8, 4) is 5.88 Å². The maximum absolute atomic E-state index is 5.76. The van der Waals surface area contributed by atoms with Crippen LogP contribution in [0.5, 0.6) is 5.88 Å². The Labute approximate surface area is 122 Å². The molecule has 0 amide bonds. The van der Waals surface area contributed by atoms with Crippen molar-refractivity contribution in [3.63, 3.8) is 0 Å². The van der Waals surface area contributed by atoms with E-state index in [9.17, 15) is 0 Å². The molecular formula is C13H18N6O2. The first kappa shape index (κ1) is 13.7. The summed E-state index contributed by atoms with van der Waals surface area (Å²) in [6.07, 6.45) is 2.33. The van der Waals surface area contributed by atoms with Crippen LogP contribution in [0, 0.1) is 0 Å². The molecule has 1 aliphatic rings. The van der Waals surface area contributed by atoms with Crippen molar-refractivity contribution in [2.75, 3.05) is 31.7 Å². The van der Waals surface area contributed by atoms with Crippen molar-refractivity contribution in [1.29, 1.82) is 0 Å². The van der Waals surface area contributed by atoms with E-state index in [0.717, 1.165) is 18.8 Å². The molecule has 1 fully saturated rings. The summed E-state index contributed by atoms with van der Waals surface area (Å²) in [5.41, 5.74) is 0. The van der Waals surface area contributed by atoms with Gasteiger partial charge in [-0.25, -0.2) is 9.97 Å². The molecule has 8 nitrogen and oxygen atoms in total. The SMILES string of the molecule is CCc1nc(C2CN(c3nccc(OC)n3)CCO2)n[nH]1. The third-order valence-corrected chi connectivity index (χ3v) is 3.35. The van der Waals surface area contributed by atoms with Gasteiger partial charge < -0.3 is 14.4 Å². The molecule has 2 aromatic heterocycles. The summed E-state index contributed by atoms with van der Waals surface area (Å²) in [4.78, 5) is 15.1. The Morgan fingerprint density at radius 1 is 1.48 bits per heavy atom. The Morgan fingerprint density at radius 2 is 2.38 bits per heavy atom. The van der Waals surface area contributed by atoms with Crippen molar-refractivity contribution in [2.24, 2.45) is 0 Å². The summed E-state index contributed by atoms with van der Waals surface area (Å²) in [6, 6.07) is 1.73. The first-order valence-electron chi connectivity index (χ1n) is 6.95. The molecule has 0 radical (unpaired) electrons. The van der Waals surface area contributed by atoms with Gasteiger partial charge in [0.15, 0.2) is 5.82 Å². The number of hydrogen-bond acceptors (Lipinski definition) is 7. The minimum Gasteiger partial charge on any atom is -0.481 e. The molecule has 0 saturated carbocycles. The van der Waals surface area contributed by atoms with E-state index in [1.807, 2.05) is 6.92 Å². The predicted molar refractivity (Wildman–Crippen MR) is 75.3 cm³/mol. The van der Waals surface area contributed by atoms with Gasteiger partial charge in [-0.1, -0.05) is 6.92 Å². The number of rotatable bonds is 4. The molecule has 3 heterocycles. The number of methoxy groups -OCH3 is 1. The molecule has 1 aliphatic heterocycles. The molecule has 0 spiro atoms. The third-order valence-electron chi connectivity index (χ3n) is 3.35. The summed E-state index contributed by atoms with van der Waals surface area (Å²) in [5, 5.41) is 7.13. The summed E-state index contributed by atoms with van der Waals surface area (Å²) in [7, 11) is 1.59. The zero-order valence-electron chi connectivity index (χ0n) is 12.1. The average molecular weight is 290 g/mol. The molecule has 112 valence electrons. The number of aromatic amines is 1. The van der Waals surface area contributed by atoms with Crippen LogP contribution in [-0.4, -0.2) is 52.0 Å². The molecule has 21 heavy (non-hydrogen) atoms. The molecule has 1 saturated heterocycles. The molecule has 0 aliphatic carbocycles. The Morgan fingerprint density at radius 3 is 3.14 bits per heavy atom. The number of nitrogens with one attached hydrogen (secondary N) is 1. The van der Waals surface area contributed by atoms with Crippen LogP contribution in [0.15, 0.2) is 12.3 Å². The average Bonchev–Trinajstić information content (AvgIpc) is 3.04. The monoisotopic (exact) mass is 290 g/mol. The van der Waals surface area contributed by atoms with Crippen LogP contribution < -0.4 is 9.64 Å². The van der Waals surface area contributed by atoms with E-state index in [4.69, 9.17) is 9.47 Å². The van der Waals surface area contributed by atoms with Crippen LogP contribution in [0.4, 0.5) is 5.95 Å². The number of morpholine rings is 1. The van der Waals surface area contributed by atoms with Gasteiger partial charge in [-0.2, -0.15) is 10.1 Å². The molecule has 1 atom stereocenters. The van der Waals surface area contributed by atoms with Gasteiger partial charge in [-0.15, -0.1) is 0 Å². The number of H-pyrrole nitrogens is 1. The fraction of sp³-hybridized carbons (Fsp3) is 0.538. The number of anilines is 1. The van der Waals surface area contributed by atoms with Crippen LogP contribution in [-0.2, 0) is 11.2 Å². The Balaban J connectivity index is 1.75. The van der Waals surface area contributed by atoms with E-state index < -0.39 is 0 Å². The zero-order valence-corrected chi connectivity index (χ0v) is 12.1. The standard InChI is InChI=1S/C13H18N6O2/c1-3-10-15-12(18-17-10)9-8-19(6-7-21-9)13-14-5-4-11(16-13)20-2/h4-5,9H,3,6-8H2,1-2H3,(H,15,17,18). The molecule has 3 rings (SSSR count). The highest BCUT2D eigenvalue weighted by molar-refractivity contribution is 5.33. The van der Waals surface area contributed by atoms with E-state index in [1.54, 1.807) is 19.4 Å². The van der Waals surface area contributed by atoms with E-state index in [2.05, 4.69) is 30.0 Å². The molecule has 1 unspecified atom stereocenters. The minimum absolute atomic E-state index is 0.176. The van der Waals surface area contributed by atoms with Crippen LogP contribution in [0.3, 0.4) is 0 Å². The number of hydrogen-bond donors (Lipinski definition) is 1. The first-order chi connectivity index (χ1) is 10.3. The van der Waals surface area contributed by atoms with E-state index in [-0.39, 0.29) is 6.10 Å².